The van der Waals surface area contributed by atoms with E-state index in [2.05, 4.69) is 15.4 Å². The Balaban J connectivity index is 2.30. The van der Waals surface area contributed by atoms with Crippen molar-refractivity contribution in [1.82, 2.24) is 0 Å². The van der Waals surface area contributed by atoms with Gasteiger partial charge in [0.05, 0.1) is 7.11 Å². The number of hydrogen-bond donors (Lipinski definition) is 2. The summed E-state index contributed by atoms with van der Waals surface area (Å²) in [6, 6.07) is 5.72. The summed E-state index contributed by atoms with van der Waals surface area (Å²) in [7, 11) is 0.832. The number of carbonyl (C=O) groups is 2. The lowest BCUT2D eigenvalue weighted by atomic mass is 10.1. The number of rotatable bonds is 6. The summed E-state index contributed by atoms with van der Waals surface area (Å²) in [4.78, 5) is 23.7. The third kappa shape index (κ3) is 4.36. The molecule has 0 aliphatic carbocycles. The third-order valence-electron chi connectivity index (χ3n) is 3.54. The van der Waals surface area contributed by atoms with Crippen molar-refractivity contribution in [3.63, 3.8) is 0 Å². The van der Waals surface area contributed by atoms with Crippen LogP contribution in [0.1, 0.15) is 30.1 Å². The molecule has 0 atom stereocenters. The quantitative estimate of drug-likeness (QED) is 0.578. The van der Waals surface area contributed by atoms with Crippen molar-refractivity contribution in [2.75, 3.05) is 17.7 Å². The molecule has 0 fully saturated rings. The normalized spacial score (nSPS) is 10.4. The van der Waals surface area contributed by atoms with Crippen LogP contribution in [0.3, 0.4) is 0 Å². The van der Waals surface area contributed by atoms with Gasteiger partial charge in [0.25, 0.3) is 5.91 Å². The SMILES string of the molecule is CCCC(=O)Nc1cccc(NC(=O)c2c(F)c(F)c(OC)c(F)c2F)c1. The van der Waals surface area contributed by atoms with Crippen molar-refractivity contribution in [1.29, 1.82) is 0 Å². The molecule has 0 radical (unpaired) electrons. The number of halogens is 4. The number of hydrogen-bond acceptors (Lipinski definition) is 3. The lowest BCUT2D eigenvalue weighted by Gasteiger charge is -2.12. The Morgan fingerprint density at radius 3 is 2.04 bits per heavy atom. The van der Waals surface area contributed by atoms with Gasteiger partial charge in [0, 0.05) is 17.8 Å². The van der Waals surface area contributed by atoms with Crippen molar-refractivity contribution in [3.8, 4) is 5.75 Å². The molecule has 0 aromatic heterocycles. The fraction of sp³-hybridized carbons (Fsp3) is 0.222. The second-order valence-electron chi connectivity index (χ2n) is 5.50. The van der Waals surface area contributed by atoms with E-state index in [-0.39, 0.29) is 18.0 Å². The molecule has 2 N–H and O–H groups in total. The summed E-state index contributed by atoms with van der Waals surface area (Å²) in [6.07, 6.45) is 0.923. The maximum absolute atomic E-state index is 14.0. The van der Waals surface area contributed by atoms with Gasteiger partial charge >= 0.3 is 0 Å². The van der Waals surface area contributed by atoms with Gasteiger partial charge in [-0.1, -0.05) is 13.0 Å². The highest BCUT2D eigenvalue weighted by Crippen LogP contribution is 2.30. The summed E-state index contributed by atoms with van der Waals surface area (Å²) in [5, 5.41) is 4.71. The van der Waals surface area contributed by atoms with Gasteiger partial charge in [-0.2, -0.15) is 8.78 Å². The van der Waals surface area contributed by atoms with Crippen molar-refractivity contribution in [3.05, 3.63) is 53.1 Å². The van der Waals surface area contributed by atoms with E-state index in [1.165, 1.54) is 24.3 Å². The van der Waals surface area contributed by atoms with Gasteiger partial charge in [0.1, 0.15) is 5.56 Å². The molecule has 0 saturated carbocycles. The zero-order valence-electron chi connectivity index (χ0n) is 14.5. The van der Waals surface area contributed by atoms with Gasteiger partial charge in [-0.15, -0.1) is 0 Å². The number of benzene rings is 2. The molecular formula is C18H16F4N2O3. The molecule has 0 aliphatic heterocycles. The van der Waals surface area contributed by atoms with Crippen LogP contribution in [-0.4, -0.2) is 18.9 Å². The first-order valence-electron chi connectivity index (χ1n) is 7.91. The van der Waals surface area contributed by atoms with E-state index in [0.717, 1.165) is 7.11 Å². The monoisotopic (exact) mass is 384 g/mol. The van der Waals surface area contributed by atoms with Crippen LogP contribution < -0.4 is 15.4 Å². The summed E-state index contributed by atoms with van der Waals surface area (Å²) in [5.41, 5.74) is -1.03. The Kier molecular flexibility index (Phi) is 6.38. The average Bonchev–Trinajstić information content (AvgIpc) is 2.61. The third-order valence-corrected chi connectivity index (χ3v) is 3.54. The number of amides is 2. The van der Waals surface area contributed by atoms with Crippen LogP contribution in [0.2, 0.25) is 0 Å². The predicted molar refractivity (Wildman–Crippen MR) is 90.8 cm³/mol. The van der Waals surface area contributed by atoms with E-state index in [1.807, 2.05) is 6.92 Å². The minimum Gasteiger partial charge on any atom is -0.491 e. The molecule has 2 aromatic rings. The van der Waals surface area contributed by atoms with Crippen molar-refractivity contribution >= 4 is 23.2 Å². The molecule has 0 saturated heterocycles. The molecule has 2 rings (SSSR count). The topological polar surface area (TPSA) is 67.4 Å². The number of ether oxygens (including phenoxy) is 1. The van der Waals surface area contributed by atoms with Crippen LogP contribution in [0.4, 0.5) is 28.9 Å². The van der Waals surface area contributed by atoms with E-state index < -0.39 is 40.5 Å². The van der Waals surface area contributed by atoms with Crippen LogP contribution in [-0.2, 0) is 4.79 Å². The van der Waals surface area contributed by atoms with Gasteiger partial charge in [-0.3, -0.25) is 9.59 Å². The number of nitrogens with one attached hydrogen (secondary N) is 2. The van der Waals surface area contributed by atoms with Crippen LogP contribution in [0.25, 0.3) is 0 Å². The number of carbonyl (C=O) groups excluding carboxylic acids is 2. The van der Waals surface area contributed by atoms with E-state index in [1.54, 1.807) is 0 Å². The lowest BCUT2D eigenvalue weighted by Crippen LogP contribution is -2.19. The van der Waals surface area contributed by atoms with Gasteiger partial charge in [0.2, 0.25) is 17.5 Å². The number of methoxy groups -OCH3 is 1. The van der Waals surface area contributed by atoms with Gasteiger partial charge in [0.15, 0.2) is 17.4 Å². The van der Waals surface area contributed by atoms with Crippen molar-refractivity contribution < 1.29 is 31.9 Å². The summed E-state index contributed by atoms with van der Waals surface area (Å²) in [6.45, 7) is 1.83. The minimum absolute atomic E-state index is 0.0599. The molecular weight excluding hydrogens is 368 g/mol. The van der Waals surface area contributed by atoms with E-state index in [4.69, 9.17) is 0 Å². The smallest absolute Gasteiger partial charge is 0.261 e. The first-order chi connectivity index (χ1) is 12.8. The van der Waals surface area contributed by atoms with E-state index in [9.17, 15) is 27.2 Å². The molecule has 0 heterocycles. The summed E-state index contributed by atoms with van der Waals surface area (Å²) < 4.78 is 59.8. The average molecular weight is 384 g/mol. The number of anilines is 2. The Bertz CT molecular complexity index is 858. The molecule has 5 nitrogen and oxygen atoms in total. The molecule has 9 heteroatoms. The molecule has 2 aromatic carbocycles. The Hall–Kier alpha value is -3.10. The Labute approximate surface area is 152 Å². The van der Waals surface area contributed by atoms with Crippen molar-refractivity contribution in [2.45, 2.75) is 19.8 Å². The molecule has 0 unspecified atom stereocenters. The molecule has 2 amide bonds. The maximum Gasteiger partial charge on any atom is 0.261 e. The highest BCUT2D eigenvalue weighted by Gasteiger charge is 2.30. The van der Waals surface area contributed by atoms with Crippen LogP contribution in [0.15, 0.2) is 24.3 Å². The maximum atomic E-state index is 14.0. The fourth-order valence-electron chi connectivity index (χ4n) is 2.31. The highest BCUT2D eigenvalue weighted by atomic mass is 19.2. The molecule has 144 valence electrons. The van der Waals surface area contributed by atoms with Crippen molar-refractivity contribution in [2.24, 2.45) is 0 Å². The summed E-state index contributed by atoms with van der Waals surface area (Å²) in [5.74, 6) is -10.3. The first kappa shape index (κ1) is 20.2. The Morgan fingerprint density at radius 1 is 0.963 bits per heavy atom. The van der Waals surface area contributed by atoms with Gasteiger partial charge in [-0.25, -0.2) is 8.78 Å². The largest absolute Gasteiger partial charge is 0.491 e. The second-order valence-corrected chi connectivity index (χ2v) is 5.50. The van der Waals surface area contributed by atoms with Gasteiger partial charge in [-0.05, 0) is 24.6 Å². The van der Waals surface area contributed by atoms with E-state index >= 15 is 0 Å². The molecule has 0 spiro atoms. The van der Waals surface area contributed by atoms with E-state index in [0.29, 0.717) is 12.1 Å². The van der Waals surface area contributed by atoms with Crippen LogP contribution in [0, 0.1) is 23.3 Å². The van der Waals surface area contributed by atoms with Crippen LogP contribution in [0.5, 0.6) is 5.75 Å². The van der Waals surface area contributed by atoms with Crippen LogP contribution >= 0.6 is 0 Å². The zero-order chi connectivity index (χ0) is 20.1. The first-order valence-corrected chi connectivity index (χ1v) is 7.91. The predicted octanol–water partition coefficient (Wildman–Crippen LogP) is 4.24. The zero-order valence-corrected chi connectivity index (χ0v) is 14.5. The second kappa shape index (κ2) is 8.52. The Morgan fingerprint density at radius 2 is 1.52 bits per heavy atom. The van der Waals surface area contributed by atoms with Gasteiger partial charge < -0.3 is 15.4 Å². The fourth-order valence-corrected chi connectivity index (χ4v) is 2.31. The molecule has 27 heavy (non-hydrogen) atoms. The molecule has 0 bridgehead atoms. The standard InChI is InChI=1S/C18H16F4N2O3/c1-3-5-11(25)23-9-6-4-7-10(8-9)24-18(26)12-13(19)15(21)17(27-2)16(22)14(12)20/h4,6-8H,3,5H2,1-2H3,(H,23,25)(H,24,26). The summed E-state index contributed by atoms with van der Waals surface area (Å²) >= 11 is 0. The lowest BCUT2D eigenvalue weighted by molar-refractivity contribution is -0.116. The molecule has 0 aliphatic rings. The minimum atomic E-state index is -1.88. The highest BCUT2D eigenvalue weighted by molar-refractivity contribution is 6.05.